The van der Waals surface area contributed by atoms with Gasteiger partial charge in [-0.05, 0) is 95.2 Å². The smallest absolute Gasteiger partial charge is 0.340 e. The monoisotopic (exact) mass is 476 g/mol. The average Bonchev–Trinajstić information content (AvgIpc) is 2.43. The van der Waals surface area contributed by atoms with Gasteiger partial charge in [-0.2, -0.15) is 0 Å². The third kappa shape index (κ3) is 14.9. The maximum atomic E-state index is 6.96. The van der Waals surface area contributed by atoms with Crippen LogP contribution in [0.15, 0.2) is 0 Å². The van der Waals surface area contributed by atoms with Crippen molar-refractivity contribution in [1.29, 1.82) is 0 Å². The lowest BCUT2D eigenvalue weighted by Crippen LogP contribution is -2.62. The van der Waals surface area contributed by atoms with E-state index in [-0.39, 0.29) is 22.4 Å². The lowest BCUT2D eigenvalue weighted by molar-refractivity contribution is -0.000204. The van der Waals surface area contributed by atoms with Crippen molar-refractivity contribution in [1.82, 2.24) is 0 Å². The zero-order valence-corrected chi connectivity index (χ0v) is 25.6. The fourth-order valence-electron chi connectivity index (χ4n) is 4.10. The molecule has 0 aliphatic heterocycles. The Morgan fingerprint density at radius 1 is 0.452 bits per heavy atom. The fraction of sp³-hybridized carbons (Fsp3) is 1.00. The number of hydrogen-bond donors (Lipinski definition) is 0. The first kappa shape index (κ1) is 31.3. The van der Waals surface area contributed by atoms with E-state index in [0.29, 0.717) is 0 Å². The minimum Gasteiger partial charge on any atom is -0.389 e. The van der Waals surface area contributed by atoms with E-state index in [4.69, 9.17) is 17.7 Å². The number of rotatable bonds is 12. The lowest BCUT2D eigenvalue weighted by Gasteiger charge is -2.48. The van der Waals surface area contributed by atoms with Crippen molar-refractivity contribution in [3.8, 4) is 0 Å². The van der Waals surface area contributed by atoms with Crippen LogP contribution >= 0.6 is 0 Å². The minimum atomic E-state index is -2.66. The van der Waals surface area contributed by atoms with Crippen LogP contribution in [0.5, 0.6) is 0 Å². The first-order chi connectivity index (χ1) is 13.7. The standard InChI is InChI=1S/C25H56O4Si2/c1-15-17-19-30(26-22(3,4)5,27-23(6,7)8)21-31(20-18-16-2,28-24(9,10)11)29-25(12,13)14/h15-21H2,1-14H3. The van der Waals surface area contributed by atoms with Crippen LogP contribution in [0.4, 0.5) is 0 Å². The predicted octanol–water partition coefficient (Wildman–Crippen LogP) is 8.27. The van der Waals surface area contributed by atoms with Gasteiger partial charge in [-0.3, -0.25) is 0 Å². The third-order valence-electron chi connectivity index (χ3n) is 4.33. The molecule has 0 fully saturated rings. The van der Waals surface area contributed by atoms with Gasteiger partial charge in [0.15, 0.2) is 0 Å². The lowest BCUT2D eigenvalue weighted by atomic mass is 10.2. The van der Waals surface area contributed by atoms with Crippen LogP contribution in [0, 0.1) is 0 Å². The van der Waals surface area contributed by atoms with Crippen LogP contribution < -0.4 is 0 Å². The summed E-state index contributed by atoms with van der Waals surface area (Å²) >= 11 is 0. The Hall–Kier alpha value is 0.274. The molecule has 6 heteroatoms. The molecule has 0 saturated heterocycles. The van der Waals surface area contributed by atoms with E-state index in [1.165, 1.54) is 0 Å². The fourth-order valence-corrected chi connectivity index (χ4v) is 16.7. The van der Waals surface area contributed by atoms with Crippen molar-refractivity contribution in [2.45, 2.75) is 163 Å². The predicted molar refractivity (Wildman–Crippen MR) is 139 cm³/mol. The topological polar surface area (TPSA) is 36.9 Å². The van der Waals surface area contributed by atoms with Crippen molar-refractivity contribution in [3.05, 3.63) is 0 Å². The highest BCUT2D eigenvalue weighted by Crippen LogP contribution is 2.40. The molecule has 0 aromatic carbocycles. The molecule has 0 aromatic heterocycles. The molecule has 31 heavy (non-hydrogen) atoms. The Kier molecular flexibility index (Phi) is 11.7. The Morgan fingerprint density at radius 2 is 0.677 bits per heavy atom. The summed E-state index contributed by atoms with van der Waals surface area (Å²) in [5.41, 5.74) is -0.304. The first-order valence-corrected chi connectivity index (χ1v) is 16.9. The molecule has 0 aliphatic rings. The Labute approximate surface area is 197 Å². The van der Waals surface area contributed by atoms with Crippen molar-refractivity contribution in [2.75, 3.05) is 0 Å². The van der Waals surface area contributed by atoms with Crippen LogP contribution in [0.2, 0.25) is 17.8 Å². The molecular weight excluding hydrogens is 420 g/mol. The summed E-state index contributed by atoms with van der Waals surface area (Å²) in [6.07, 6.45) is 4.45. The van der Waals surface area contributed by atoms with E-state index in [2.05, 4.69) is 96.9 Å². The molecule has 0 amide bonds. The van der Waals surface area contributed by atoms with Gasteiger partial charge in [-0.15, -0.1) is 0 Å². The van der Waals surface area contributed by atoms with Gasteiger partial charge in [0.05, 0.1) is 22.4 Å². The van der Waals surface area contributed by atoms with Gasteiger partial charge in [0.1, 0.15) is 0 Å². The number of hydrogen-bond acceptors (Lipinski definition) is 4. The zero-order chi connectivity index (χ0) is 24.8. The highest BCUT2D eigenvalue weighted by atomic mass is 28.4. The van der Waals surface area contributed by atoms with Crippen LogP contribution in [-0.2, 0) is 17.7 Å². The Balaban J connectivity index is 6.61. The van der Waals surface area contributed by atoms with Crippen LogP contribution in [0.3, 0.4) is 0 Å². The SMILES string of the molecule is CCCC[Si](C[Si](CCCC)(OC(C)(C)C)OC(C)(C)C)(OC(C)(C)C)OC(C)(C)C. The van der Waals surface area contributed by atoms with E-state index in [1.54, 1.807) is 0 Å². The Morgan fingerprint density at radius 3 is 0.839 bits per heavy atom. The summed E-state index contributed by atoms with van der Waals surface area (Å²) in [7, 11) is -5.32. The molecule has 0 aromatic rings. The van der Waals surface area contributed by atoms with Crippen molar-refractivity contribution < 1.29 is 17.7 Å². The van der Waals surface area contributed by atoms with Gasteiger partial charge in [0.25, 0.3) is 0 Å². The average molecular weight is 477 g/mol. The van der Waals surface area contributed by atoms with E-state index in [0.717, 1.165) is 43.4 Å². The van der Waals surface area contributed by atoms with Gasteiger partial charge in [-0.1, -0.05) is 39.5 Å². The maximum Gasteiger partial charge on any atom is 0.340 e. The van der Waals surface area contributed by atoms with Gasteiger partial charge >= 0.3 is 17.1 Å². The maximum absolute atomic E-state index is 6.96. The summed E-state index contributed by atoms with van der Waals surface area (Å²) in [5.74, 6) is 0. The summed E-state index contributed by atoms with van der Waals surface area (Å²) < 4.78 is 27.8. The van der Waals surface area contributed by atoms with Crippen LogP contribution in [-0.4, -0.2) is 39.5 Å². The highest BCUT2D eigenvalue weighted by Gasteiger charge is 2.55. The first-order valence-electron chi connectivity index (χ1n) is 12.5. The minimum absolute atomic E-state index is 0.278. The van der Waals surface area contributed by atoms with Crippen molar-refractivity contribution in [2.24, 2.45) is 0 Å². The molecule has 0 atom stereocenters. The molecule has 0 saturated carbocycles. The molecule has 0 rings (SSSR count). The van der Waals surface area contributed by atoms with Crippen molar-refractivity contribution in [3.63, 3.8) is 0 Å². The molecule has 0 bridgehead atoms. The van der Waals surface area contributed by atoms with Crippen LogP contribution in [0.1, 0.15) is 123 Å². The number of unbranched alkanes of at least 4 members (excludes halogenated alkanes) is 2. The largest absolute Gasteiger partial charge is 0.389 e. The third-order valence-corrected chi connectivity index (χ3v) is 14.8. The zero-order valence-electron chi connectivity index (χ0n) is 23.6. The molecule has 0 radical (unpaired) electrons. The van der Waals surface area contributed by atoms with E-state index < -0.39 is 17.1 Å². The van der Waals surface area contributed by atoms with Crippen LogP contribution in [0.25, 0.3) is 0 Å². The molecule has 0 unspecified atom stereocenters. The van der Waals surface area contributed by atoms with E-state index in [9.17, 15) is 0 Å². The second kappa shape index (κ2) is 11.6. The molecule has 188 valence electrons. The quantitative estimate of drug-likeness (QED) is 0.265. The second-order valence-electron chi connectivity index (χ2n) is 13.1. The van der Waals surface area contributed by atoms with Gasteiger partial charge in [0, 0.05) is 5.67 Å². The molecular formula is C25H56O4Si2. The second-order valence-corrected chi connectivity index (χ2v) is 19.9. The molecule has 0 aliphatic carbocycles. The summed E-state index contributed by atoms with van der Waals surface area (Å²) in [5, 5.41) is 0. The van der Waals surface area contributed by atoms with Gasteiger partial charge in [-0.25, -0.2) is 0 Å². The van der Waals surface area contributed by atoms with E-state index >= 15 is 0 Å². The summed E-state index contributed by atoms with van der Waals surface area (Å²) in [4.78, 5) is 0. The van der Waals surface area contributed by atoms with E-state index in [1.807, 2.05) is 0 Å². The normalized spacial score (nSPS) is 14.9. The summed E-state index contributed by atoms with van der Waals surface area (Å²) in [6.45, 7) is 30.3. The van der Waals surface area contributed by atoms with Gasteiger partial charge in [0.2, 0.25) is 0 Å². The molecule has 0 heterocycles. The summed E-state index contributed by atoms with van der Waals surface area (Å²) in [6, 6.07) is 1.94. The van der Waals surface area contributed by atoms with Gasteiger partial charge < -0.3 is 17.7 Å². The Bertz CT molecular complexity index is 430. The molecule has 0 N–H and O–H groups in total. The highest BCUT2D eigenvalue weighted by molar-refractivity contribution is 6.86. The van der Waals surface area contributed by atoms with Crippen molar-refractivity contribution >= 4 is 17.1 Å². The molecule has 0 spiro atoms. The molecule has 4 nitrogen and oxygen atoms in total.